The van der Waals surface area contributed by atoms with Gasteiger partial charge in [-0.3, -0.25) is 4.79 Å². The first-order valence-electron chi connectivity index (χ1n) is 12.3. The number of piperidine rings is 1. The molecule has 0 spiro atoms. The minimum atomic E-state index is -0.977. The van der Waals surface area contributed by atoms with E-state index in [9.17, 15) is 9.90 Å². The Morgan fingerprint density at radius 1 is 0.879 bits per heavy atom. The quantitative estimate of drug-likeness (QED) is 0.423. The molecule has 1 N–H and O–H groups in total. The second-order valence-electron chi connectivity index (χ2n) is 9.19. The van der Waals surface area contributed by atoms with Gasteiger partial charge in [-0.1, -0.05) is 91.9 Å². The minimum absolute atomic E-state index is 0.164. The van der Waals surface area contributed by atoms with Gasteiger partial charge in [-0.05, 0) is 67.9 Å². The Morgan fingerprint density at radius 3 is 1.94 bits per heavy atom. The number of hydrogen-bond acceptors (Lipinski definition) is 3. The molecule has 0 aliphatic carbocycles. The van der Waals surface area contributed by atoms with E-state index < -0.39 is 5.60 Å². The zero-order valence-electron chi connectivity index (χ0n) is 19.6. The first-order valence-corrected chi connectivity index (χ1v) is 12.3. The molecule has 1 heterocycles. The van der Waals surface area contributed by atoms with Crippen LogP contribution < -0.4 is 0 Å². The number of carbonyl (C=O) groups is 1. The number of aliphatic hydroxyl groups is 1. The number of Topliss-reactive ketones (excluding diaryl/α,β-unsaturated/α-hetero) is 1. The van der Waals surface area contributed by atoms with Gasteiger partial charge < -0.3 is 10.0 Å². The van der Waals surface area contributed by atoms with Crippen LogP contribution in [0.2, 0.25) is 0 Å². The highest BCUT2D eigenvalue weighted by molar-refractivity contribution is 5.96. The van der Waals surface area contributed by atoms with Crippen molar-refractivity contribution in [3.63, 3.8) is 0 Å². The van der Waals surface area contributed by atoms with Crippen molar-refractivity contribution in [3.8, 4) is 0 Å². The molecule has 3 heteroatoms. The maximum Gasteiger partial charge on any atom is 0.162 e. The molecule has 0 saturated carbocycles. The van der Waals surface area contributed by atoms with E-state index in [1.807, 2.05) is 72.8 Å². The van der Waals surface area contributed by atoms with Crippen molar-refractivity contribution < 1.29 is 9.90 Å². The van der Waals surface area contributed by atoms with Crippen LogP contribution >= 0.6 is 0 Å². The molecule has 1 fully saturated rings. The number of carbonyl (C=O) groups excluding carboxylic acids is 1. The van der Waals surface area contributed by atoms with Crippen LogP contribution in [0.4, 0.5) is 0 Å². The summed E-state index contributed by atoms with van der Waals surface area (Å²) < 4.78 is 0. The monoisotopic (exact) mass is 441 g/mol. The van der Waals surface area contributed by atoms with Gasteiger partial charge in [-0.25, -0.2) is 0 Å². The summed E-state index contributed by atoms with van der Waals surface area (Å²) in [5.74, 6) is 0.396. The zero-order valence-corrected chi connectivity index (χ0v) is 19.6. The third-order valence-corrected chi connectivity index (χ3v) is 7.17. The predicted molar refractivity (Wildman–Crippen MR) is 134 cm³/mol. The predicted octanol–water partition coefficient (Wildman–Crippen LogP) is 5.86. The largest absolute Gasteiger partial charge is 0.380 e. The van der Waals surface area contributed by atoms with Crippen LogP contribution in [0.5, 0.6) is 0 Å². The van der Waals surface area contributed by atoms with Crippen LogP contribution in [0.15, 0.2) is 84.9 Å². The summed E-state index contributed by atoms with van der Waals surface area (Å²) >= 11 is 0. The van der Waals surface area contributed by atoms with Crippen LogP contribution in [-0.2, 0) is 12.0 Å². The molecule has 3 nitrogen and oxygen atoms in total. The second-order valence-corrected chi connectivity index (χ2v) is 9.19. The van der Waals surface area contributed by atoms with E-state index in [0.29, 0.717) is 6.42 Å². The molecule has 0 radical (unpaired) electrons. The normalized spacial score (nSPS) is 15.5. The van der Waals surface area contributed by atoms with Crippen molar-refractivity contribution in [2.75, 3.05) is 19.6 Å². The number of likely N-dealkylation sites (tertiary alicyclic amines) is 1. The molecular weight excluding hydrogens is 406 g/mol. The number of rotatable bonds is 9. The van der Waals surface area contributed by atoms with Crippen LogP contribution in [0.25, 0.3) is 0 Å². The molecule has 4 rings (SSSR count). The topological polar surface area (TPSA) is 40.5 Å². The molecule has 0 unspecified atom stereocenters. The number of ketones is 1. The first-order chi connectivity index (χ1) is 16.1. The van der Waals surface area contributed by atoms with E-state index in [1.165, 1.54) is 5.56 Å². The fourth-order valence-corrected chi connectivity index (χ4v) is 5.13. The molecule has 172 valence electrons. The average Bonchev–Trinajstić information content (AvgIpc) is 2.89. The van der Waals surface area contributed by atoms with Crippen molar-refractivity contribution >= 4 is 5.78 Å². The molecule has 0 aromatic heterocycles. The molecule has 1 aliphatic rings. The lowest BCUT2D eigenvalue weighted by Gasteiger charge is -2.42. The SMILES string of the molecule is CCc1ccc(C(=O)CCCN2CCC(C(O)(c3ccccc3)c3ccccc3)CC2)cc1. The summed E-state index contributed by atoms with van der Waals surface area (Å²) in [4.78, 5) is 15.0. The highest BCUT2D eigenvalue weighted by Crippen LogP contribution is 2.41. The molecule has 3 aromatic carbocycles. The lowest BCUT2D eigenvalue weighted by molar-refractivity contribution is -0.0142. The Bertz CT molecular complexity index is 967. The van der Waals surface area contributed by atoms with Gasteiger partial charge in [0, 0.05) is 12.0 Å². The Balaban J connectivity index is 1.34. The number of aryl methyl sites for hydroxylation is 1. The summed E-state index contributed by atoms with van der Waals surface area (Å²) in [5, 5.41) is 12.0. The van der Waals surface area contributed by atoms with E-state index in [0.717, 1.165) is 62.0 Å². The molecule has 0 bridgehead atoms. The molecular formula is C30H35NO2. The Morgan fingerprint density at radius 2 is 1.42 bits per heavy atom. The Kier molecular flexibility index (Phi) is 7.74. The molecule has 3 aromatic rings. The van der Waals surface area contributed by atoms with Gasteiger partial charge in [-0.2, -0.15) is 0 Å². The minimum Gasteiger partial charge on any atom is -0.380 e. The van der Waals surface area contributed by atoms with Crippen molar-refractivity contribution in [1.82, 2.24) is 4.90 Å². The van der Waals surface area contributed by atoms with Gasteiger partial charge in [0.1, 0.15) is 5.60 Å². The number of benzene rings is 3. The van der Waals surface area contributed by atoms with E-state index in [-0.39, 0.29) is 11.7 Å². The fraction of sp³-hybridized carbons (Fsp3) is 0.367. The lowest BCUT2D eigenvalue weighted by Crippen LogP contribution is -2.44. The van der Waals surface area contributed by atoms with Gasteiger partial charge >= 0.3 is 0 Å². The smallest absolute Gasteiger partial charge is 0.162 e. The molecule has 0 amide bonds. The third kappa shape index (κ3) is 5.43. The van der Waals surface area contributed by atoms with Gasteiger partial charge in [0.25, 0.3) is 0 Å². The van der Waals surface area contributed by atoms with Crippen LogP contribution in [0, 0.1) is 5.92 Å². The second kappa shape index (κ2) is 10.9. The Hall–Kier alpha value is -2.75. The van der Waals surface area contributed by atoms with E-state index in [4.69, 9.17) is 0 Å². The van der Waals surface area contributed by atoms with Gasteiger partial charge in [0.05, 0.1) is 0 Å². The van der Waals surface area contributed by atoms with Crippen LogP contribution in [-0.4, -0.2) is 35.4 Å². The summed E-state index contributed by atoms with van der Waals surface area (Å²) in [6.07, 6.45) is 4.33. The fourth-order valence-electron chi connectivity index (χ4n) is 5.13. The van der Waals surface area contributed by atoms with Crippen molar-refractivity contribution in [2.24, 2.45) is 5.92 Å². The van der Waals surface area contributed by atoms with Crippen molar-refractivity contribution in [2.45, 2.75) is 44.6 Å². The molecule has 33 heavy (non-hydrogen) atoms. The molecule has 0 atom stereocenters. The van der Waals surface area contributed by atoms with Gasteiger partial charge in [0.2, 0.25) is 0 Å². The molecule has 1 saturated heterocycles. The van der Waals surface area contributed by atoms with E-state index in [1.54, 1.807) is 0 Å². The van der Waals surface area contributed by atoms with Crippen molar-refractivity contribution in [1.29, 1.82) is 0 Å². The van der Waals surface area contributed by atoms with Gasteiger partial charge in [-0.15, -0.1) is 0 Å². The number of nitrogens with zero attached hydrogens (tertiary/aromatic N) is 1. The molecule has 1 aliphatic heterocycles. The lowest BCUT2D eigenvalue weighted by atomic mass is 9.72. The third-order valence-electron chi connectivity index (χ3n) is 7.17. The van der Waals surface area contributed by atoms with E-state index in [2.05, 4.69) is 24.0 Å². The summed E-state index contributed by atoms with van der Waals surface area (Å²) in [7, 11) is 0. The summed E-state index contributed by atoms with van der Waals surface area (Å²) in [5.41, 5.74) is 3.04. The number of hydrogen-bond donors (Lipinski definition) is 1. The first kappa shape index (κ1) is 23.4. The Labute approximate surface area is 198 Å². The van der Waals surface area contributed by atoms with Crippen LogP contribution in [0.3, 0.4) is 0 Å². The summed E-state index contributed by atoms with van der Waals surface area (Å²) in [6, 6.07) is 28.2. The van der Waals surface area contributed by atoms with Crippen LogP contribution in [0.1, 0.15) is 59.7 Å². The maximum absolute atomic E-state index is 12.5. The zero-order chi connectivity index (χ0) is 23.1. The maximum atomic E-state index is 12.5. The van der Waals surface area contributed by atoms with Gasteiger partial charge in [0.15, 0.2) is 5.78 Å². The standard InChI is InChI=1S/C30H35NO2/c1-2-24-15-17-25(18-16-24)29(32)14-9-21-31-22-19-28(20-23-31)30(33,26-10-5-3-6-11-26)27-12-7-4-8-13-27/h3-8,10-13,15-18,28,33H,2,9,14,19-23H2,1H3. The average molecular weight is 442 g/mol. The highest BCUT2D eigenvalue weighted by atomic mass is 16.3. The summed E-state index contributed by atoms with van der Waals surface area (Å²) in [6.45, 7) is 4.96. The van der Waals surface area contributed by atoms with E-state index >= 15 is 0 Å². The van der Waals surface area contributed by atoms with Crippen molar-refractivity contribution in [3.05, 3.63) is 107 Å². The highest BCUT2D eigenvalue weighted by Gasteiger charge is 2.41.